The van der Waals surface area contributed by atoms with Gasteiger partial charge in [0.1, 0.15) is 0 Å². The molecule has 1 nitrogen and oxygen atoms in total. The number of hydrogen-bond donors (Lipinski definition) is 1. The Hall–Kier alpha value is -0.980. The monoisotopic (exact) mass is 189 g/mol. The van der Waals surface area contributed by atoms with Crippen molar-refractivity contribution >= 4 is 5.69 Å². The maximum absolute atomic E-state index is 6.00. The first-order valence-electron chi connectivity index (χ1n) is 5.62. The standard InChI is InChI=1S/C13H19N/c1-10-5-4-6-11(9-10)12-7-2-3-8-13(12)14/h2-3,7-8,10-11H,4-6,9,14H2,1H3/t10-,11-/m1/s1. The molecule has 1 aromatic carbocycles. The first kappa shape index (κ1) is 9.57. The van der Waals surface area contributed by atoms with Crippen LogP contribution in [0.25, 0.3) is 0 Å². The van der Waals surface area contributed by atoms with Crippen LogP contribution < -0.4 is 5.73 Å². The van der Waals surface area contributed by atoms with Crippen molar-refractivity contribution in [2.75, 3.05) is 5.73 Å². The van der Waals surface area contributed by atoms with Crippen molar-refractivity contribution in [1.82, 2.24) is 0 Å². The molecule has 1 fully saturated rings. The highest BCUT2D eigenvalue weighted by Gasteiger charge is 2.21. The number of para-hydroxylation sites is 1. The van der Waals surface area contributed by atoms with Crippen LogP contribution >= 0.6 is 0 Å². The molecule has 2 N–H and O–H groups in total. The molecule has 0 radical (unpaired) electrons. The van der Waals surface area contributed by atoms with Crippen molar-refractivity contribution < 1.29 is 0 Å². The van der Waals surface area contributed by atoms with Gasteiger partial charge in [-0.3, -0.25) is 0 Å². The third kappa shape index (κ3) is 1.92. The van der Waals surface area contributed by atoms with Gasteiger partial charge in [-0.2, -0.15) is 0 Å². The van der Waals surface area contributed by atoms with Crippen molar-refractivity contribution in [3.63, 3.8) is 0 Å². The fourth-order valence-corrected chi connectivity index (χ4v) is 2.60. The summed E-state index contributed by atoms with van der Waals surface area (Å²) in [4.78, 5) is 0. The van der Waals surface area contributed by atoms with E-state index < -0.39 is 0 Å². The van der Waals surface area contributed by atoms with E-state index in [-0.39, 0.29) is 0 Å². The Morgan fingerprint density at radius 1 is 1.21 bits per heavy atom. The van der Waals surface area contributed by atoms with E-state index in [2.05, 4.69) is 19.1 Å². The van der Waals surface area contributed by atoms with Gasteiger partial charge in [0, 0.05) is 5.69 Å². The van der Waals surface area contributed by atoms with Crippen molar-refractivity contribution in [3.05, 3.63) is 29.8 Å². The third-order valence-electron chi connectivity index (χ3n) is 3.37. The minimum absolute atomic E-state index is 0.708. The highest BCUT2D eigenvalue weighted by molar-refractivity contribution is 5.48. The average molecular weight is 189 g/mol. The van der Waals surface area contributed by atoms with E-state index in [1.54, 1.807) is 0 Å². The summed E-state index contributed by atoms with van der Waals surface area (Å²) < 4.78 is 0. The summed E-state index contributed by atoms with van der Waals surface area (Å²) in [7, 11) is 0. The second kappa shape index (κ2) is 4.04. The van der Waals surface area contributed by atoms with Gasteiger partial charge < -0.3 is 5.73 Å². The van der Waals surface area contributed by atoms with E-state index in [9.17, 15) is 0 Å². The lowest BCUT2D eigenvalue weighted by Crippen LogP contribution is -2.12. The molecule has 0 heterocycles. The molecule has 0 aliphatic heterocycles. The summed E-state index contributed by atoms with van der Waals surface area (Å²) in [5, 5.41) is 0. The van der Waals surface area contributed by atoms with Crippen LogP contribution in [0.2, 0.25) is 0 Å². The summed E-state index contributed by atoms with van der Waals surface area (Å²) in [6, 6.07) is 8.34. The maximum atomic E-state index is 6.00. The molecule has 0 aromatic heterocycles. The molecule has 0 saturated heterocycles. The van der Waals surface area contributed by atoms with E-state index in [4.69, 9.17) is 5.73 Å². The van der Waals surface area contributed by atoms with Gasteiger partial charge >= 0.3 is 0 Å². The topological polar surface area (TPSA) is 26.0 Å². The van der Waals surface area contributed by atoms with Crippen molar-refractivity contribution in [1.29, 1.82) is 0 Å². The second-order valence-electron chi connectivity index (χ2n) is 4.60. The van der Waals surface area contributed by atoms with Gasteiger partial charge in [-0.15, -0.1) is 0 Å². The van der Waals surface area contributed by atoms with Crippen molar-refractivity contribution in [2.24, 2.45) is 5.92 Å². The molecule has 0 unspecified atom stereocenters. The summed E-state index contributed by atoms with van der Waals surface area (Å²) >= 11 is 0. The fraction of sp³-hybridized carbons (Fsp3) is 0.538. The Balaban J connectivity index is 2.18. The van der Waals surface area contributed by atoms with Gasteiger partial charge in [0.05, 0.1) is 0 Å². The van der Waals surface area contributed by atoms with Crippen LogP contribution in [0, 0.1) is 5.92 Å². The smallest absolute Gasteiger partial charge is 0.0349 e. The number of nitrogens with two attached hydrogens (primary N) is 1. The van der Waals surface area contributed by atoms with Crippen LogP contribution in [0.1, 0.15) is 44.1 Å². The molecule has 14 heavy (non-hydrogen) atoms. The average Bonchev–Trinajstić information content (AvgIpc) is 2.18. The van der Waals surface area contributed by atoms with Gasteiger partial charge in [-0.05, 0) is 36.3 Å². The highest BCUT2D eigenvalue weighted by atomic mass is 14.6. The van der Waals surface area contributed by atoms with E-state index in [0.29, 0.717) is 5.92 Å². The molecule has 76 valence electrons. The zero-order valence-electron chi connectivity index (χ0n) is 8.87. The molecule has 0 bridgehead atoms. The minimum atomic E-state index is 0.708. The van der Waals surface area contributed by atoms with Crippen LogP contribution in [0.4, 0.5) is 5.69 Å². The van der Waals surface area contributed by atoms with E-state index >= 15 is 0 Å². The van der Waals surface area contributed by atoms with Crippen LogP contribution in [0.15, 0.2) is 24.3 Å². The maximum Gasteiger partial charge on any atom is 0.0349 e. The molecule has 2 rings (SSSR count). The lowest BCUT2D eigenvalue weighted by atomic mass is 9.78. The zero-order valence-corrected chi connectivity index (χ0v) is 8.87. The highest BCUT2D eigenvalue weighted by Crippen LogP contribution is 2.37. The molecule has 1 saturated carbocycles. The lowest BCUT2D eigenvalue weighted by Gasteiger charge is -2.27. The Bertz CT molecular complexity index is 306. The number of hydrogen-bond acceptors (Lipinski definition) is 1. The van der Waals surface area contributed by atoms with Gasteiger partial charge in [-0.25, -0.2) is 0 Å². The summed E-state index contributed by atoms with van der Waals surface area (Å²) in [6.45, 7) is 2.35. The fourth-order valence-electron chi connectivity index (χ4n) is 2.60. The zero-order chi connectivity index (χ0) is 9.97. The first-order valence-corrected chi connectivity index (χ1v) is 5.62. The summed E-state index contributed by atoms with van der Waals surface area (Å²) in [6.07, 6.45) is 5.39. The number of nitrogen functional groups attached to an aromatic ring is 1. The lowest BCUT2D eigenvalue weighted by molar-refractivity contribution is 0.344. The predicted octanol–water partition coefficient (Wildman–Crippen LogP) is 3.56. The third-order valence-corrected chi connectivity index (χ3v) is 3.37. The molecular formula is C13H19N. The molecule has 0 amide bonds. The number of anilines is 1. The minimum Gasteiger partial charge on any atom is -0.398 e. The quantitative estimate of drug-likeness (QED) is 0.672. The number of rotatable bonds is 1. The largest absolute Gasteiger partial charge is 0.398 e. The Morgan fingerprint density at radius 2 is 2.00 bits per heavy atom. The predicted molar refractivity (Wildman–Crippen MR) is 61.2 cm³/mol. The van der Waals surface area contributed by atoms with Gasteiger partial charge in [-0.1, -0.05) is 38.0 Å². The summed E-state index contributed by atoms with van der Waals surface area (Å²) in [5.41, 5.74) is 8.35. The SMILES string of the molecule is C[C@@H]1CCC[C@@H](c2ccccc2N)C1. The van der Waals surface area contributed by atoms with Crippen LogP contribution in [-0.4, -0.2) is 0 Å². The van der Waals surface area contributed by atoms with Gasteiger partial charge in [0.15, 0.2) is 0 Å². The first-order chi connectivity index (χ1) is 6.77. The molecule has 2 atom stereocenters. The van der Waals surface area contributed by atoms with E-state index in [1.807, 2.05) is 12.1 Å². The van der Waals surface area contributed by atoms with Crippen LogP contribution in [0.3, 0.4) is 0 Å². The van der Waals surface area contributed by atoms with E-state index in [0.717, 1.165) is 11.6 Å². The Labute approximate surface area is 86.3 Å². The van der Waals surface area contributed by atoms with Crippen molar-refractivity contribution in [2.45, 2.75) is 38.5 Å². The molecule has 1 aromatic rings. The molecule has 1 aliphatic carbocycles. The molecule has 1 heteroatoms. The van der Waals surface area contributed by atoms with Crippen LogP contribution in [-0.2, 0) is 0 Å². The molecule has 0 spiro atoms. The Morgan fingerprint density at radius 3 is 2.71 bits per heavy atom. The number of benzene rings is 1. The van der Waals surface area contributed by atoms with Gasteiger partial charge in [0.2, 0.25) is 0 Å². The Kier molecular flexibility index (Phi) is 2.76. The van der Waals surface area contributed by atoms with E-state index in [1.165, 1.54) is 31.2 Å². The summed E-state index contributed by atoms with van der Waals surface area (Å²) in [5.74, 6) is 1.58. The molecule has 1 aliphatic rings. The molecular weight excluding hydrogens is 170 g/mol. The second-order valence-corrected chi connectivity index (χ2v) is 4.60. The van der Waals surface area contributed by atoms with Gasteiger partial charge in [0.25, 0.3) is 0 Å². The normalized spacial score (nSPS) is 27.5. The van der Waals surface area contributed by atoms with Crippen LogP contribution in [0.5, 0.6) is 0 Å². The van der Waals surface area contributed by atoms with Crippen molar-refractivity contribution in [3.8, 4) is 0 Å².